The first kappa shape index (κ1) is 13.1. The summed E-state index contributed by atoms with van der Waals surface area (Å²) in [5.41, 5.74) is 1.63. The van der Waals surface area contributed by atoms with Crippen molar-refractivity contribution in [1.82, 2.24) is 0 Å². The number of nitriles is 1. The second kappa shape index (κ2) is 6.55. The fraction of sp³-hybridized carbons (Fsp3) is 0.462. The van der Waals surface area contributed by atoms with Crippen LogP contribution in [-0.4, -0.2) is 6.04 Å². The Morgan fingerprint density at radius 1 is 1.44 bits per heavy atom. The molecule has 0 bridgehead atoms. The Labute approximate surface area is 106 Å². The van der Waals surface area contributed by atoms with Crippen LogP contribution in [0.2, 0.25) is 0 Å². The molecule has 0 heterocycles. The minimum Gasteiger partial charge on any atom is -0.381 e. The van der Waals surface area contributed by atoms with Gasteiger partial charge in [0, 0.05) is 10.5 Å². The lowest BCUT2D eigenvalue weighted by Crippen LogP contribution is -2.18. The lowest BCUT2D eigenvalue weighted by atomic mass is 10.1. The molecule has 1 atom stereocenters. The molecule has 0 amide bonds. The molecule has 0 aromatic heterocycles. The van der Waals surface area contributed by atoms with Crippen LogP contribution in [0.1, 0.15) is 38.7 Å². The molecule has 1 N–H and O–H groups in total. The van der Waals surface area contributed by atoms with Gasteiger partial charge >= 0.3 is 0 Å². The van der Waals surface area contributed by atoms with Gasteiger partial charge in [-0.1, -0.05) is 36.2 Å². The average Bonchev–Trinajstić information content (AvgIpc) is 2.29. The van der Waals surface area contributed by atoms with E-state index in [0.29, 0.717) is 11.6 Å². The van der Waals surface area contributed by atoms with Crippen LogP contribution < -0.4 is 5.32 Å². The van der Waals surface area contributed by atoms with E-state index in [1.54, 1.807) is 0 Å². The van der Waals surface area contributed by atoms with E-state index < -0.39 is 0 Å². The van der Waals surface area contributed by atoms with E-state index in [0.717, 1.165) is 29.4 Å². The van der Waals surface area contributed by atoms with Crippen LogP contribution in [0.3, 0.4) is 0 Å². The van der Waals surface area contributed by atoms with Crippen molar-refractivity contribution in [3.8, 4) is 6.07 Å². The van der Waals surface area contributed by atoms with E-state index >= 15 is 0 Å². The van der Waals surface area contributed by atoms with E-state index in [4.69, 9.17) is 5.26 Å². The highest BCUT2D eigenvalue weighted by molar-refractivity contribution is 9.10. The summed E-state index contributed by atoms with van der Waals surface area (Å²) in [6.45, 7) is 4.34. The summed E-state index contributed by atoms with van der Waals surface area (Å²) in [5, 5.41) is 12.5. The third-order valence-electron chi connectivity index (χ3n) is 2.59. The predicted molar refractivity (Wildman–Crippen MR) is 71.5 cm³/mol. The van der Waals surface area contributed by atoms with Crippen molar-refractivity contribution in [1.29, 1.82) is 5.26 Å². The molecule has 86 valence electrons. The van der Waals surface area contributed by atoms with Crippen molar-refractivity contribution < 1.29 is 0 Å². The Morgan fingerprint density at radius 2 is 2.19 bits per heavy atom. The molecule has 1 aromatic rings. The van der Waals surface area contributed by atoms with Gasteiger partial charge in [-0.25, -0.2) is 0 Å². The van der Waals surface area contributed by atoms with Gasteiger partial charge in [-0.15, -0.1) is 0 Å². The van der Waals surface area contributed by atoms with Crippen molar-refractivity contribution in [2.24, 2.45) is 0 Å². The highest BCUT2D eigenvalue weighted by Gasteiger charge is 2.08. The number of anilines is 1. The van der Waals surface area contributed by atoms with Gasteiger partial charge in [-0.3, -0.25) is 0 Å². The van der Waals surface area contributed by atoms with Crippen molar-refractivity contribution in [2.75, 3.05) is 5.32 Å². The van der Waals surface area contributed by atoms with Crippen molar-refractivity contribution in [3.05, 3.63) is 28.2 Å². The van der Waals surface area contributed by atoms with Crippen LogP contribution in [0, 0.1) is 11.3 Å². The topological polar surface area (TPSA) is 35.8 Å². The molecule has 0 aliphatic carbocycles. The smallest absolute Gasteiger partial charge is 0.101 e. The summed E-state index contributed by atoms with van der Waals surface area (Å²) < 4.78 is 1.00. The zero-order chi connectivity index (χ0) is 12.0. The number of benzene rings is 1. The standard InChI is InChI=1S/C13H17BrN2/c1-3-5-12(4-2)16-13-8-11(14)7-6-10(13)9-15/h6-8,12,16H,3-5H2,1-2H3. The second-order valence-electron chi connectivity index (χ2n) is 3.84. The van der Waals surface area contributed by atoms with E-state index in [-0.39, 0.29) is 0 Å². The molecule has 0 saturated carbocycles. The summed E-state index contributed by atoms with van der Waals surface area (Å²) in [6.07, 6.45) is 3.36. The van der Waals surface area contributed by atoms with E-state index in [1.165, 1.54) is 0 Å². The Morgan fingerprint density at radius 3 is 2.75 bits per heavy atom. The molecule has 3 heteroatoms. The Hall–Kier alpha value is -1.01. The normalized spacial score (nSPS) is 11.9. The minimum atomic E-state index is 0.450. The van der Waals surface area contributed by atoms with Gasteiger partial charge in [-0.2, -0.15) is 5.26 Å². The van der Waals surface area contributed by atoms with Crippen LogP contribution in [0.25, 0.3) is 0 Å². The van der Waals surface area contributed by atoms with Crippen molar-refractivity contribution in [2.45, 2.75) is 39.2 Å². The first-order valence-corrected chi connectivity index (χ1v) is 6.46. The lowest BCUT2D eigenvalue weighted by Gasteiger charge is -2.18. The summed E-state index contributed by atoms with van der Waals surface area (Å²) >= 11 is 3.43. The zero-order valence-electron chi connectivity index (χ0n) is 9.76. The number of rotatable bonds is 5. The fourth-order valence-corrected chi connectivity index (χ4v) is 2.04. The molecule has 2 nitrogen and oxygen atoms in total. The lowest BCUT2D eigenvalue weighted by molar-refractivity contribution is 0.622. The monoisotopic (exact) mass is 280 g/mol. The van der Waals surface area contributed by atoms with E-state index in [2.05, 4.69) is 41.2 Å². The van der Waals surface area contributed by atoms with Crippen LogP contribution in [-0.2, 0) is 0 Å². The number of nitrogens with zero attached hydrogens (tertiary/aromatic N) is 1. The molecule has 0 spiro atoms. The molecular formula is C13H17BrN2. The Bertz CT molecular complexity index is 382. The molecule has 0 fully saturated rings. The van der Waals surface area contributed by atoms with Gasteiger partial charge in [0.2, 0.25) is 0 Å². The number of halogens is 1. The summed E-state index contributed by atoms with van der Waals surface area (Å²) in [4.78, 5) is 0. The van der Waals surface area contributed by atoms with Gasteiger partial charge in [0.05, 0.1) is 11.3 Å². The van der Waals surface area contributed by atoms with Gasteiger partial charge in [0.15, 0.2) is 0 Å². The summed E-state index contributed by atoms with van der Waals surface area (Å²) in [5.74, 6) is 0. The zero-order valence-corrected chi connectivity index (χ0v) is 11.3. The summed E-state index contributed by atoms with van der Waals surface area (Å²) in [7, 11) is 0. The van der Waals surface area contributed by atoms with E-state index in [9.17, 15) is 0 Å². The third-order valence-corrected chi connectivity index (χ3v) is 3.08. The first-order valence-electron chi connectivity index (χ1n) is 5.67. The van der Waals surface area contributed by atoms with Gasteiger partial charge in [0.1, 0.15) is 6.07 Å². The highest BCUT2D eigenvalue weighted by atomic mass is 79.9. The van der Waals surface area contributed by atoms with Gasteiger partial charge < -0.3 is 5.32 Å². The van der Waals surface area contributed by atoms with E-state index in [1.807, 2.05) is 18.2 Å². The SMILES string of the molecule is CCCC(CC)Nc1cc(Br)ccc1C#N. The Kier molecular flexibility index (Phi) is 5.34. The highest BCUT2D eigenvalue weighted by Crippen LogP contribution is 2.22. The maximum absolute atomic E-state index is 9.02. The Balaban J connectivity index is 2.86. The van der Waals surface area contributed by atoms with Crippen LogP contribution >= 0.6 is 15.9 Å². The molecule has 16 heavy (non-hydrogen) atoms. The third kappa shape index (κ3) is 3.53. The molecule has 1 rings (SSSR count). The molecular weight excluding hydrogens is 264 g/mol. The quantitative estimate of drug-likeness (QED) is 0.872. The summed E-state index contributed by atoms with van der Waals surface area (Å²) in [6, 6.07) is 8.36. The van der Waals surface area contributed by atoms with Gasteiger partial charge in [0.25, 0.3) is 0 Å². The van der Waals surface area contributed by atoms with Crippen LogP contribution in [0.5, 0.6) is 0 Å². The predicted octanol–water partition coefficient (Wildman–Crippen LogP) is 4.31. The molecule has 0 radical (unpaired) electrons. The fourth-order valence-electron chi connectivity index (χ4n) is 1.68. The maximum Gasteiger partial charge on any atom is 0.101 e. The molecule has 0 saturated heterocycles. The van der Waals surface area contributed by atoms with Crippen LogP contribution in [0.4, 0.5) is 5.69 Å². The van der Waals surface area contributed by atoms with Crippen molar-refractivity contribution in [3.63, 3.8) is 0 Å². The maximum atomic E-state index is 9.02. The van der Waals surface area contributed by atoms with Crippen molar-refractivity contribution >= 4 is 21.6 Å². The van der Waals surface area contributed by atoms with Crippen LogP contribution in [0.15, 0.2) is 22.7 Å². The first-order chi connectivity index (χ1) is 7.71. The number of hydrogen-bond donors (Lipinski definition) is 1. The minimum absolute atomic E-state index is 0.450. The molecule has 0 aliphatic rings. The molecule has 0 aliphatic heterocycles. The second-order valence-corrected chi connectivity index (χ2v) is 4.76. The molecule has 1 aromatic carbocycles. The largest absolute Gasteiger partial charge is 0.381 e. The number of hydrogen-bond acceptors (Lipinski definition) is 2. The molecule has 1 unspecified atom stereocenters. The van der Waals surface area contributed by atoms with Gasteiger partial charge in [-0.05, 0) is 31.0 Å². The number of nitrogens with one attached hydrogen (secondary N) is 1. The average molecular weight is 281 g/mol.